The van der Waals surface area contributed by atoms with Crippen molar-refractivity contribution >= 4 is 17.2 Å². The Kier molecular flexibility index (Phi) is 6.25. The van der Waals surface area contributed by atoms with E-state index in [4.69, 9.17) is 0 Å². The smallest absolute Gasteiger partial charge is 0.265 e. The molecule has 4 rings (SSSR count). The number of carbonyl (C=O) groups is 1. The summed E-state index contributed by atoms with van der Waals surface area (Å²) < 4.78 is 27.6. The topological polar surface area (TPSA) is 36.4 Å². The van der Waals surface area contributed by atoms with Crippen LogP contribution in [0, 0.1) is 18.6 Å². The van der Waals surface area contributed by atoms with Crippen LogP contribution in [0.25, 0.3) is 10.6 Å². The molecule has 2 fully saturated rings. The number of hydrogen-bond donors (Lipinski definition) is 0. The van der Waals surface area contributed by atoms with Crippen LogP contribution >= 0.6 is 11.3 Å². The van der Waals surface area contributed by atoms with Crippen molar-refractivity contribution in [2.75, 3.05) is 26.2 Å². The minimum Gasteiger partial charge on any atom is -0.338 e. The van der Waals surface area contributed by atoms with Crippen LogP contribution in [0.5, 0.6) is 0 Å². The summed E-state index contributed by atoms with van der Waals surface area (Å²) in [5.41, 5.74) is 0.685. The summed E-state index contributed by atoms with van der Waals surface area (Å²) >= 11 is 1.15. The minimum atomic E-state index is -0.530. The van der Waals surface area contributed by atoms with E-state index in [9.17, 15) is 13.6 Å². The molecule has 156 valence electrons. The molecule has 2 aliphatic heterocycles. The Labute approximate surface area is 174 Å². The molecule has 29 heavy (non-hydrogen) atoms. The molecule has 1 aromatic heterocycles. The van der Waals surface area contributed by atoms with Crippen molar-refractivity contribution in [3.63, 3.8) is 0 Å². The molecule has 0 unspecified atom stereocenters. The number of nitrogens with zero attached hydrogens (tertiary/aromatic N) is 3. The summed E-state index contributed by atoms with van der Waals surface area (Å²) in [5.74, 6) is -1.09. The number of piperidine rings is 1. The number of hydrogen-bond acceptors (Lipinski definition) is 4. The molecule has 0 spiro atoms. The van der Waals surface area contributed by atoms with Crippen LogP contribution < -0.4 is 0 Å². The van der Waals surface area contributed by atoms with Gasteiger partial charge in [0, 0.05) is 24.7 Å². The van der Waals surface area contributed by atoms with Gasteiger partial charge in [-0.2, -0.15) is 0 Å². The van der Waals surface area contributed by atoms with E-state index < -0.39 is 11.6 Å². The average Bonchev–Trinajstić information content (AvgIpc) is 2.93. The van der Waals surface area contributed by atoms with E-state index in [1.807, 2.05) is 4.90 Å². The number of likely N-dealkylation sites (tertiary alicyclic amines) is 2. The molecule has 0 atom stereocenters. The summed E-state index contributed by atoms with van der Waals surface area (Å²) in [6, 6.07) is 3.88. The fourth-order valence-electron chi connectivity index (χ4n) is 4.41. The highest BCUT2D eigenvalue weighted by Gasteiger charge is 2.29. The molecule has 0 bridgehead atoms. The maximum absolute atomic E-state index is 14.1. The van der Waals surface area contributed by atoms with Crippen molar-refractivity contribution in [1.82, 2.24) is 14.8 Å². The lowest BCUT2D eigenvalue weighted by molar-refractivity contribution is 0.0626. The van der Waals surface area contributed by atoms with Crippen LogP contribution in [0.3, 0.4) is 0 Å². The summed E-state index contributed by atoms with van der Waals surface area (Å²) in [5, 5.41) is 0.349. The second-order valence-corrected chi connectivity index (χ2v) is 9.03. The molecule has 0 N–H and O–H groups in total. The molecule has 0 radical (unpaired) electrons. The molecule has 1 amide bonds. The summed E-state index contributed by atoms with van der Waals surface area (Å²) in [7, 11) is 0. The first kappa shape index (κ1) is 20.4. The normalized spacial score (nSPS) is 19.3. The highest BCUT2D eigenvalue weighted by atomic mass is 32.1. The molecule has 1 aromatic carbocycles. The van der Waals surface area contributed by atoms with Crippen molar-refractivity contribution in [1.29, 1.82) is 0 Å². The van der Waals surface area contributed by atoms with Gasteiger partial charge in [0.15, 0.2) is 0 Å². The SMILES string of the molecule is Cc1nc(-c2cc(F)ccc2F)sc1C(=O)N1CCC(N2CCCCCC2)CC1. The van der Waals surface area contributed by atoms with Gasteiger partial charge in [0.2, 0.25) is 0 Å². The van der Waals surface area contributed by atoms with Gasteiger partial charge in [-0.05, 0) is 63.9 Å². The Balaban J connectivity index is 1.44. The molecule has 3 heterocycles. The van der Waals surface area contributed by atoms with E-state index in [2.05, 4.69) is 9.88 Å². The van der Waals surface area contributed by atoms with Crippen molar-refractivity contribution in [2.24, 2.45) is 0 Å². The lowest BCUT2D eigenvalue weighted by atomic mass is 10.0. The number of rotatable bonds is 3. The maximum atomic E-state index is 14.1. The molecule has 2 aliphatic rings. The number of halogens is 2. The van der Waals surface area contributed by atoms with E-state index in [0.29, 0.717) is 21.6 Å². The lowest BCUT2D eigenvalue weighted by Gasteiger charge is -2.38. The molecule has 0 aliphatic carbocycles. The van der Waals surface area contributed by atoms with Crippen LogP contribution in [0.4, 0.5) is 8.78 Å². The van der Waals surface area contributed by atoms with Crippen LogP contribution in [-0.4, -0.2) is 52.9 Å². The quantitative estimate of drug-likeness (QED) is 0.712. The Morgan fingerprint density at radius 2 is 1.76 bits per heavy atom. The predicted molar refractivity (Wildman–Crippen MR) is 111 cm³/mol. The predicted octanol–water partition coefficient (Wildman–Crippen LogP) is 4.88. The minimum absolute atomic E-state index is 0.0441. The Bertz CT molecular complexity index is 869. The Hall–Kier alpha value is -1.86. The maximum Gasteiger partial charge on any atom is 0.265 e. The molecule has 2 aromatic rings. The second-order valence-electron chi connectivity index (χ2n) is 8.03. The van der Waals surface area contributed by atoms with Crippen LogP contribution in [0.15, 0.2) is 18.2 Å². The van der Waals surface area contributed by atoms with Gasteiger partial charge in [-0.25, -0.2) is 13.8 Å². The summed E-state index contributed by atoms with van der Waals surface area (Å²) in [6.45, 7) is 5.58. The van der Waals surface area contributed by atoms with E-state index >= 15 is 0 Å². The van der Waals surface area contributed by atoms with Crippen LogP contribution in [0.2, 0.25) is 0 Å². The van der Waals surface area contributed by atoms with E-state index in [-0.39, 0.29) is 11.5 Å². The highest BCUT2D eigenvalue weighted by molar-refractivity contribution is 7.17. The van der Waals surface area contributed by atoms with E-state index in [1.165, 1.54) is 38.8 Å². The van der Waals surface area contributed by atoms with Crippen LogP contribution in [0.1, 0.15) is 53.9 Å². The lowest BCUT2D eigenvalue weighted by Crippen LogP contribution is -2.47. The first-order valence-electron chi connectivity index (χ1n) is 10.5. The van der Waals surface area contributed by atoms with Gasteiger partial charge >= 0.3 is 0 Å². The number of aromatic nitrogens is 1. The van der Waals surface area contributed by atoms with Crippen molar-refractivity contribution in [3.8, 4) is 10.6 Å². The van der Waals surface area contributed by atoms with Gasteiger partial charge in [0.05, 0.1) is 5.69 Å². The first-order chi connectivity index (χ1) is 14.0. The van der Waals surface area contributed by atoms with Gasteiger partial charge in [0.25, 0.3) is 5.91 Å². The zero-order valence-corrected chi connectivity index (χ0v) is 17.6. The monoisotopic (exact) mass is 419 g/mol. The molecule has 2 saturated heterocycles. The third kappa shape index (κ3) is 4.51. The standard InChI is InChI=1S/C22H27F2N3OS/c1-15-20(29-21(25-15)18-14-16(23)6-7-19(18)24)22(28)27-12-8-17(9-13-27)26-10-4-2-3-5-11-26/h6-7,14,17H,2-5,8-13H2,1H3. The van der Waals surface area contributed by atoms with Gasteiger partial charge in [-0.15, -0.1) is 11.3 Å². The van der Waals surface area contributed by atoms with Crippen molar-refractivity contribution < 1.29 is 13.6 Å². The van der Waals surface area contributed by atoms with Crippen LogP contribution in [-0.2, 0) is 0 Å². The average molecular weight is 420 g/mol. The van der Waals surface area contributed by atoms with Gasteiger partial charge in [-0.3, -0.25) is 4.79 Å². The Morgan fingerprint density at radius 3 is 2.45 bits per heavy atom. The van der Waals surface area contributed by atoms with Gasteiger partial charge in [0.1, 0.15) is 21.5 Å². The number of aryl methyl sites for hydroxylation is 1. The number of amides is 1. The largest absolute Gasteiger partial charge is 0.338 e. The number of thiazole rings is 1. The zero-order valence-electron chi connectivity index (χ0n) is 16.8. The summed E-state index contributed by atoms with van der Waals surface area (Å²) in [6.07, 6.45) is 7.20. The number of carbonyl (C=O) groups excluding carboxylic acids is 1. The second kappa shape index (κ2) is 8.88. The highest BCUT2D eigenvalue weighted by Crippen LogP contribution is 2.32. The van der Waals surface area contributed by atoms with E-state index in [1.54, 1.807) is 6.92 Å². The molecule has 7 heteroatoms. The molecular weight excluding hydrogens is 392 g/mol. The van der Waals surface area contributed by atoms with Crippen molar-refractivity contribution in [3.05, 3.63) is 40.4 Å². The summed E-state index contributed by atoms with van der Waals surface area (Å²) in [4.78, 5) is 22.4. The Morgan fingerprint density at radius 1 is 1.07 bits per heavy atom. The third-order valence-corrected chi connectivity index (χ3v) is 7.24. The van der Waals surface area contributed by atoms with E-state index in [0.717, 1.165) is 55.5 Å². The fourth-order valence-corrected chi connectivity index (χ4v) is 5.46. The zero-order chi connectivity index (χ0) is 20.4. The van der Waals surface area contributed by atoms with Gasteiger partial charge in [-0.1, -0.05) is 12.8 Å². The third-order valence-electron chi connectivity index (χ3n) is 6.06. The molecular formula is C22H27F2N3OS. The fraction of sp³-hybridized carbons (Fsp3) is 0.545. The van der Waals surface area contributed by atoms with Crippen molar-refractivity contribution in [2.45, 2.75) is 51.5 Å². The molecule has 0 saturated carbocycles. The molecule has 4 nitrogen and oxygen atoms in total. The first-order valence-corrected chi connectivity index (χ1v) is 11.3. The number of benzene rings is 1. The van der Waals surface area contributed by atoms with Gasteiger partial charge < -0.3 is 9.80 Å².